The van der Waals surface area contributed by atoms with Gasteiger partial charge in [-0.25, -0.2) is 0 Å². The smallest absolute Gasteiger partial charge is 0.124 e. The van der Waals surface area contributed by atoms with Gasteiger partial charge in [0.2, 0.25) is 0 Å². The number of para-hydroxylation sites is 1. The molecule has 0 amide bonds. The largest absolute Gasteiger partial charge is 0.493 e. The molecular formula is C17H21NO2. The van der Waals surface area contributed by atoms with Gasteiger partial charge in [0.25, 0.3) is 0 Å². The van der Waals surface area contributed by atoms with Gasteiger partial charge in [0.05, 0.1) is 6.61 Å². The predicted molar refractivity (Wildman–Crippen MR) is 79.0 cm³/mol. The fourth-order valence-electron chi connectivity index (χ4n) is 2.99. The Balaban J connectivity index is 1.80. The van der Waals surface area contributed by atoms with E-state index in [4.69, 9.17) is 9.15 Å². The number of furan rings is 1. The molecule has 3 nitrogen and oxygen atoms in total. The molecule has 0 saturated carbocycles. The number of aryl methyl sites for hydroxylation is 2. The number of rotatable bonds is 3. The lowest BCUT2D eigenvalue weighted by Gasteiger charge is -2.29. The summed E-state index contributed by atoms with van der Waals surface area (Å²) in [5.41, 5.74) is 2.50. The normalized spacial score (nSPS) is 19.2. The molecule has 0 bridgehead atoms. The van der Waals surface area contributed by atoms with E-state index >= 15 is 0 Å². The summed E-state index contributed by atoms with van der Waals surface area (Å²) < 4.78 is 11.3. The molecule has 106 valence electrons. The van der Waals surface area contributed by atoms with E-state index < -0.39 is 0 Å². The molecule has 2 aromatic rings. The minimum Gasteiger partial charge on any atom is -0.493 e. The van der Waals surface area contributed by atoms with E-state index in [1.54, 1.807) is 0 Å². The van der Waals surface area contributed by atoms with Crippen LogP contribution in [0.2, 0.25) is 0 Å². The maximum Gasteiger partial charge on any atom is 0.124 e. The number of hydrogen-bond acceptors (Lipinski definition) is 3. The molecule has 1 N–H and O–H groups in total. The number of nitrogens with one attached hydrogen (secondary N) is 1. The van der Waals surface area contributed by atoms with Gasteiger partial charge in [-0.1, -0.05) is 18.2 Å². The number of benzene rings is 1. The van der Waals surface area contributed by atoms with Crippen molar-refractivity contribution in [2.45, 2.75) is 39.3 Å². The lowest BCUT2D eigenvalue weighted by Crippen LogP contribution is -2.29. The second-order valence-electron chi connectivity index (χ2n) is 5.48. The van der Waals surface area contributed by atoms with E-state index in [9.17, 15) is 0 Å². The van der Waals surface area contributed by atoms with Crippen LogP contribution in [0.5, 0.6) is 5.75 Å². The molecule has 2 heterocycles. The summed E-state index contributed by atoms with van der Waals surface area (Å²) in [6.45, 7) is 6.98. The summed E-state index contributed by atoms with van der Waals surface area (Å²) in [5.74, 6) is 2.98. The van der Waals surface area contributed by atoms with Crippen LogP contribution in [0.15, 0.2) is 34.7 Å². The highest BCUT2D eigenvalue weighted by molar-refractivity contribution is 5.37. The van der Waals surface area contributed by atoms with Crippen LogP contribution < -0.4 is 10.1 Å². The quantitative estimate of drug-likeness (QED) is 0.913. The van der Waals surface area contributed by atoms with Crippen LogP contribution in [0.3, 0.4) is 0 Å². The van der Waals surface area contributed by atoms with Gasteiger partial charge in [-0.05, 0) is 32.9 Å². The van der Waals surface area contributed by atoms with E-state index in [1.165, 1.54) is 11.1 Å². The van der Waals surface area contributed by atoms with Crippen LogP contribution in [0, 0.1) is 13.8 Å². The Hall–Kier alpha value is -1.74. The minimum absolute atomic E-state index is 0.267. The molecule has 0 radical (unpaired) electrons. The second-order valence-corrected chi connectivity index (χ2v) is 5.48. The zero-order valence-corrected chi connectivity index (χ0v) is 12.3. The molecule has 3 rings (SSSR count). The van der Waals surface area contributed by atoms with E-state index in [2.05, 4.69) is 30.4 Å². The van der Waals surface area contributed by atoms with Gasteiger partial charge in [0.1, 0.15) is 17.3 Å². The molecule has 3 heteroatoms. The van der Waals surface area contributed by atoms with Crippen molar-refractivity contribution >= 4 is 0 Å². The topological polar surface area (TPSA) is 34.4 Å². The Bertz CT molecular complexity index is 603. The molecule has 1 aliphatic rings. The highest BCUT2D eigenvalue weighted by atomic mass is 16.5. The third kappa shape index (κ3) is 2.46. The third-order valence-electron chi connectivity index (χ3n) is 3.96. The van der Waals surface area contributed by atoms with E-state index in [-0.39, 0.29) is 6.04 Å². The molecule has 0 aliphatic carbocycles. The van der Waals surface area contributed by atoms with Crippen molar-refractivity contribution in [2.24, 2.45) is 0 Å². The van der Waals surface area contributed by atoms with Crippen LogP contribution in [-0.4, -0.2) is 6.61 Å². The maximum absolute atomic E-state index is 5.71. The number of hydrogen-bond donors (Lipinski definition) is 1. The average Bonchev–Trinajstić information content (AvgIpc) is 2.78. The van der Waals surface area contributed by atoms with Crippen molar-refractivity contribution < 1.29 is 9.15 Å². The SMILES string of the molecule is Cc1cc(C(C)NC2CCOc3ccccc32)c(C)o1. The van der Waals surface area contributed by atoms with Crippen molar-refractivity contribution in [1.82, 2.24) is 5.32 Å². The van der Waals surface area contributed by atoms with Crippen LogP contribution in [-0.2, 0) is 0 Å². The van der Waals surface area contributed by atoms with Crippen LogP contribution in [0.4, 0.5) is 0 Å². The zero-order valence-electron chi connectivity index (χ0n) is 12.3. The van der Waals surface area contributed by atoms with E-state index in [0.29, 0.717) is 6.04 Å². The van der Waals surface area contributed by atoms with Gasteiger partial charge in [0, 0.05) is 29.6 Å². The average molecular weight is 271 g/mol. The molecule has 2 atom stereocenters. The fraction of sp³-hybridized carbons (Fsp3) is 0.412. The van der Waals surface area contributed by atoms with Crippen molar-refractivity contribution in [3.05, 3.63) is 53.0 Å². The Morgan fingerprint density at radius 1 is 1.25 bits per heavy atom. The molecular weight excluding hydrogens is 250 g/mol. The molecule has 1 aliphatic heterocycles. The monoisotopic (exact) mass is 271 g/mol. The van der Waals surface area contributed by atoms with E-state index in [1.807, 2.05) is 26.0 Å². The molecule has 0 saturated heterocycles. The molecule has 2 unspecified atom stereocenters. The zero-order chi connectivity index (χ0) is 14.1. The lowest BCUT2D eigenvalue weighted by molar-refractivity contribution is 0.246. The first-order valence-electron chi connectivity index (χ1n) is 7.20. The number of fused-ring (bicyclic) bond motifs is 1. The third-order valence-corrected chi connectivity index (χ3v) is 3.96. The first-order chi connectivity index (χ1) is 9.65. The standard InChI is InChI=1S/C17H21NO2/c1-11-10-15(13(3)20-11)12(2)18-16-8-9-19-17-7-5-4-6-14(16)17/h4-7,10,12,16,18H,8-9H2,1-3H3. The van der Waals surface area contributed by atoms with Crippen LogP contribution in [0.25, 0.3) is 0 Å². The van der Waals surface area contributed by atoms with Crippen molar-refractivity contribution in [1.29, 1.82) is 0 Å². The Morgan fingerprint density at radius 2 is 2.05 bits per heavy atom. The molecule has 0 spiro atoms. The van der Waals surface area contributed by atoms with Gasteiger partial charge < -0.3 is 14.5 Å². The van der Waals surface area contributed by atoms with Crippen molar-refractivity contribution in [2.75, 3.05) is 6.61 Å². The lowest BCUT2D eigenvalue weighted by atomic mass is 9.98. The summed E-state index contributed by atoms with van der Waals surface area (Å²) in [7, 11) is 0. The Kier molecular flexibility index (Phi) is 3.53. The van der Waals surface area contributed by atoms with Gasteiger partial charge >= 0.3 is 0 Å². The summed E-state index contributed by atoms with van der Waals surface area (Å²) in [6, 6.07) is 11.0. The highest BCUT2D eigenvalue weighted by Crippen LogP contribution is 2.34. The van der Waals surface area contributed by atoms with Crippen LogP contribution >= 0.6 is 0 Å². The predicted octanol–water partition coefficient (Wildman–Crippen LogP) is 4.07. The molecule has 1 aromatic heterocycles. The van der Waals surface area contributed by atoms with E-state index in [0.717, 1.165) is 30.3 Å². The van der Waals surface area contributed by atoms with Gasteiger partial charge in [-0.2, -0.15) is 0 Å². The summed E-state index contributed by atoms with van der Waals surface area (Å²) in [5, 5.41) is 3.71. The highest BCUT2D eigenvalue weighted by Gasteiger charge is 2.23. The fourth-order valence-corrected chi connectivity index (χ4v) is 2.99. The van der Waals surface area contributed by atoms with Crippen LogP contribution in [0.1, 0.15) is 48.1 Å². The van der Waals surface area contributed by atoms with Gasteiger partial charge in [-0.3, -0.25) is 0 Å². The minimum atomic E-state index is 0.267. The second kappa shape index (κ2) is 5.33. The van der Waals surface area contributed by atoms with Crippen molar-refractivity contribution in [3.8, 4) is 5.75 Å². The first kappa shape index (κ1) is 13.3. The van der Waals surface area contributed by atoms with Crippen molar-refractivity contribution in [3.63, 3.8) is 0 Å². The van der Waals surface area contributed by atoms with Gasteiger partial charge in [-0.15, -0.1) is 0 Å². The molecule has 1 aromatic carbocycles. The molecule has 20 heavy (non-hydrogen) atoms. The first-order valence-corrected chi connectivity index (χ1v) is 7.20. The number of ether oxygens (including phenoxy) is 1. The Labute approximate surface area is 119 Å². The summed E-state index contributed by atoms with van der Waals surface area (Å²) in [4.78, 5) is 0. The molecule has 0 fully saturated rings. The summed E-state index contributed by atoms with van der Waals surface area (Å²) >= 11 is 0. The maximum atomic E-state index is 5.71. The Morgan fingerprint density at radius 3 is 2.80 bits per heavy atom. The van der Waals surface area contributed by atoms with Gasteiger partial charge in [0.15, 0.2) is 0 Å². The summed E-state index contributed by atoms with van der Waals surface area (Å²) in [6.07, 6.45) is 0.997.